The number of anilines is 1. The van der Waals surface area contributed by atoms with E-state index in [2.05, 4.69) is 5.10 Å². The number of amidine groups is 1. The quantitative estimate of drug-likeness (QED) is 0.853. The summed E-state index contributed by atoms with van der Waals surface area (Å²) in [6.07, 6.45) is 3.44. The average molecular weight is 273 g/mol. The van der Waals surface area contributed by atoms with Crippen molar-refractivity contribution in [1.82, 2.24) is 0 Å². The van der Waals surface area contributed by atoms with E-state index in [1.807, 2.05) is 44.2 Å². The number of hydrazone groups is 1. The van der Waals surface area contributed by atoms with Gasteiger partial charge in [-0.25, -0.2) is 5.01 Å². The van der Waals surface area contributed by atoms with Gasteiger partial charge in [0.2, 0.25) is 0 Å². The summed E-state index contributed by atoms with van der Waals surface area (Å²) in [6.45, 7) is 4.36. The van der Waals surface area contributed by atoms with Crippen molar-refractivity contribution in [2.45, 2.75) is 13.8 Å². The third kappa shape index (κ3) is 3.38. The molecule has 0 bridgehead atoms. The van der Waals surface area contributed by atoms with Crippen molar-refractivity contribution in [3.63, 3.8) is 0 Å². The molecule has 2 N–H and O–H groups in total. The highest BCUT2D eigenvalue weighted by molar-refractivity contribution is 6.03. The smallest absolute Gasteiger partial charge is 0.320 e. The Balaban J connectivity index is 2.04. The monoisotopic (exact) mass is 273 g/mol. The third-order valence-electron chi connectivity index (χ3n) is 2.80. The standard InChI is InChI=1S/C15H19N3O2/c1-11(2)10-20-15(19)13-8-9-18(17-14(13)16)12-6-4-3-5-7-12/h3-9,11,13H,10H2,1-2H3,(H2,16,17). The first-order chi connectivity index (χ1) is 9.58. The predicted molar refractivity (Wildman–Crippen MR) is 79.0 cm³/mol. The van der Waals surface area contributed by atoms with Crippen molar-refractivity contribution in [3.8, 4) is 0 Å². The van der Waals surface area contributed by atoms with Gasteiger partial charge >= 0.3 is 5.97 Å². The van der Waals surface area contributed by atoms with Crippen LogP contribution in [0, 0.1) is 11.8 Å². The van der Waals surface area contributed by atoms with Gasteiger partial charge in [0.05, 0.1) is 12.3 Å². The second-order valence-electron chi connectivity index (χ2n) is 5.05. The molecule has 0 amide bonds. The molecule has 0 saturated carbocycles. The number of ether oxygens (including phenoxy) is 1. The van der Waals surface area contributed by atoms with E-state index in [0.717, 1.165) is 5.69 Å². The van der Waals surface area contributed by atoms with Gasteiger partial charge in [0.25, 0.3) is 0 Å². The van der Waals surface area contributed by atoms with Crippen molar-refractivity contribution in [2.24, 2.45) is 22.7 Å². The van der Waals surface area contributed by atoms with Crippen LogP contribution in [0.3, 0.4) is 0 Å². The number of nitrogens with two attached hydrogens (primary N) is 1. The van der Waals surface area contributed by atoms with Crippen molar-refractivity contribution in [2.75, 3.05) is 11.6 Å². The maximum absolute atomic E-state index is 11.9. The minimum absolute atomic E-state index is 0.241. The van der Waals surface area contributed by atoms with Gasteiger partial charge in [0, 0.05) is 6.20 Å². The number of esters is 1. The largest absolute Gasteiger partial charge is 0.465 e. The Hall–Kier alpha value is -2.30. The molecule has 1 aromatic rings. The van der Waals surface area contributed by atoms with Crippen LogP contribution in [0.5, 0.6) is 0 Å². The fourth-order valence-electron chi connectivity index (χ4n) is 1.75. The summed E-state index contributed by atoms with van der Waals surface area (Å²) in [5.74, 6) is -0.423. The maximum Gasteiger partial charge on any atom is 0.320 e. The second-order valence-corrected chi connectivity index (χ2v) is 5.05. The highest BCUT2D eigenvalue weighted by Gasteiger charge is 2.25. The van der Waals surface area contributed by atoms with Crippen LogP contribution in [0.1, 0.15) is 13.8 Å². The molecule has 2 rings (SSSR count). The molecular formula is C15H19N3O2. The van der Waals surface area contributed by atoms with E-state index in [1.54, 1.807) is 17.3 Å². The number of nitrogens with zero attached hydrogens (tertiary/aromatic N) is 2. The summed E-state index contributed by atoms with van der Waals surface area (Å²) < 4.78 is 5.18. The molecule has 5 heteroatoms. The lowest BCUT2D eigenvalue weighted by molar-refractivity contribution is -0.145. The average Bonchev–Trinajstić information content (AvgIpc) is 2.45. The number of hydrogen-bond acceptors (Lipinski definition) is 5. The minimum atomic E-state index is -0.603. The number of hydrogen-bond donors (Lipinski definition) is 1. The molecule has 0 aliphatic carbocycles. The number of benzene rings is 1. The van der Waals surface area contributed by atoms with E-state index in [9.17, 15) is 4.79 Å². The number of carbonyl (C=O) groups excluding carboxylic acids is 1. The summed E-state index contributed by atoms with van der Waals surface area (Å²) in [6, 6.07) is 9.59. The van der Waals surface area contributed by atoms with Gasteiger partial charge in [0.1, 0.15) is 11.8 Å². The number of rotatable bonds is 4. The first kappa shape index (κ1) is 14.1. The molecule has 5 nitrogen and oxygen atoms in total. The molecule has 1 aliphatic rings. The fourth-order valence-corrected chi connectivity index (χ4v) is 1.75. The third-order valence-corrected chi connectivity index (χ3v) is 2.80. The second kappa shape index (κ2) is 6.23. The van der Waals surface area contributed by atoms with Gasteiger partial charge < -0.3 is 10.5 Å². The Morgan fingerprint density at radius 1 is 1.40 bits per heavy atom. The molecule has 1 aromatic carbocycles. The lowest BCUT2D eigenvalue weighted by Gasteiger charge is -2.22. The van der Waals surface area contributed by atoms with Crippen molar-refractivity contribution in [1.29, 1.82) is 0 Å². The van der Waals surface area contributed by atoms with Crippen molar-refractivity contribution >= 4 is 17.5 Å². The van der Waals surface area contributed by atoms with Gasteiger partial charge in [-0.15, -0.1) is 0 Å². The zero-order chi connectivity index (χ0) is 14.5. The van der Waals surface area contributed by atoms with Crippen LogP contribution in [0.15, 0.2) is 47.7 Å². The summed E-state index contributed by atoms with van der Waals surface area (Å²) >= 11 is 0. The van der Waals surface area contributed by atoms with Gasteiger partial charge in [-0.2, -0.15) is 5.10 Å². The van der Waals surface area contributed by atoms with Crippen LogP contribution in [0.25, 0.3) is 0 Å². The summed E-state index contributed by atoms with van der Waals surface area (Å²) in [5, 5.41) is 5.86. The highest BCUT2D eigenvalue weighted by Crippen LogP contribution is 2.19. The zero-order valence-corrected chi connectivity index (χ0v) is 11.7. The van der Waals surface area contributed by atoms with Gasteiger partial charge in [-0.3, -0.25) is 4.79 Å². The molecule has 0 fully saturated rings. The molecule has 20 heavy (non-hydrogen) atoms. The lowest BCUT2D eigenvalue weighted by Crippen LogP contribution is -2.36. The first-order valence-corrected chi connectivity index (χ1v) is 6.61. The Kier molecular flexibility index (Phi) is 4.40. The molecule has 1 aliphatic heterocycles. The molecular weight excluding hydrogens is 254 g/mol. The Bertz CT molecular complexity index is 523. The van der Waals surface area contributed by atoms with E-state index in [1.165, 1.54) is 0 Å². The van der Waals surface area contributed by atoms with Gasteiger partial charge in [-0.1, -0.05) is 32.0 Å². The predicted octanol–water partition coefficient (Wildman–Crippen LogP) is 2.11. The first-order valence-electron chi connectivity index (χ1n) is 6.61. The van der Waals surface area contributed by atoms with E-state index in [0.29, 0.717) is 12.5 Å². The minimum Gasteiger partial charge on any atom is -0.465 e. The fraction of sp³-hybridized carbons (Fsp3) is 0.333. The van der Waals surface area contributed by atoms with Gasteiger partial charge in [0.15, 0.2) is 0 Å². The van der Waals surface area contributed by atoms with Crippen LogP contribution < -0.4 is 10.7 Å². The molecule has 106 valence electrons. The van der Waals surface area contributed by atoms with E-state index in [-0.39, 0.29) is 11.8 Å². The molecule has 1 atom stereocenters. The molecule has 1 unspecified atom stereocenters. The topological polar surface area (TPSA) is 67.9 Å². The molecule has 0 saturated heterocycles. The summed E-state index contributed by atoms with van der Waals surface area (Å²) in [7, 11) is 0. The van der Waals surface area contributed by atoms with Crippen LogP contribution in [-0.2, 0) is 9.53 Å². The van der Waals surface area contributed by atoms with Crippen LogP contribution in [-0.4, -0.2) is 18.4 Å². The Morgan fingerprint density at radius 2 is 2.10 bits per heavy atom. The Labute approximate surface area is 118 Å². The maximum atomic E-state index is 11.9. The molecule has 0 spiro atoms. The van der Waals surface area contributed by atoms with Crippen LogP contribution >= 0.6 is 0 Å². The van der Waals surface area contributed by atoms with Crippen molar-refractivity contribution in [3.05, 3.63) is 42.6 Å². The van der Waals surface area contributed by atoms with E-state index in [4.69, 9.17) is 10.5 Å². The van der Waals surface area contributed by atoms with Crippen LogP contribution in [0.4, 0.5) is 5.69 Å². The number of carbonyl (C=O) groups is 1. The normalized spacial score (nSPS) is 18.1. The summed E-state index contributed by atoms with van der Waals surface area (Å²) in [5.41, 5.74) is 6.76. The molecule has 1 heterocycles. The lowest BCUT2D eigenvalue weighted by atomic mass is 10.1. The van der Waals surface area contributed by atoms with Crippen LogP contribution in [0.2, 0.25) is 0 Å². The highest BCUT2D eigenvalue weighted by atomic mass is 16.5. The summed E-state index contributed by atoms with van der Waals surface area (Å²) in [4.78, 5) is 11.9. The van der Waals surface area contributed by atoms with E-state index >= 15 is 0 Å². The Morgan fingerprint density at radius 3 is 2.70 bits per heavy atom. The molecule has 0 radical (unpaired) electrons. The number of para-hydroxylation sites is 1. The van der Waals surface area contributed by atoms with Gasteiger partial charge in [-0.05, 0) is 24.1 Å². The zero-order valence-electron chi connectivity index (χ0n) is 11.7. The SMILES string of the molecule is CC(C)COC(=O)C1C=CN(c2ccccc2)N=C1N. The molecule has 0 aromatic heterocycles. The van der Waals surface area contributed by atoms with E-state index < -0.39 is 5.92 Å². The van der Waals surface area contributed by atoms with Crippen molar-refractivity contribution < 1.29 is 9.53 Å².